The van der Waals surface area contributed by atoms with Crippen LogP contribution in [0, 0.1) is 5.41 Å². The van der Waals surface area contributed by atoms with E-state index in [0.29, 0.717) is 6.61 Å². The first-order valence-electron chi connectivity index (χ1n) is 5.04. The SMILES string of the molecule is COCC1(C(=O)N(C)C)CCNCC1. The fourth-order valence-electron chi connectivity index (χ4n) is 2.08. The number of nitrogens with one attached hydrogen (secondary N) is 1. The molecule has 1 aliphatic rings. The summed E-state index contributed by atoms with van der Waals surface area (Å²) < 4.78 is 5.18. The summed E-state index contributed by atoms with van der Waals surface area (Å²) in [5.41, 5.74) is -0.288. The van der Waals surface area contributed by atoms with Gasteiger partial charge >= 0.3 is 0 Å². The quantitative estimate of drug-likeness (QED) is 0.702. The molecule has 0 aromatic rings. The molecule has 0 spiro atoms. The number of rotatable bonds is 3. The zero-order valence-corrected chi connectivity index (χ0v) is 9.30. The summed E-state index contributed by atoms with van der Waals surface area (Å²) in [5.74, 6) is 0.195. The number of nitrogens with zero attached hydrogens (tertiary/aromatic N) is 1. The van der Waals surface area contributed by atoms with Gasteiger partial charge in [-0.25, -0.2) is 0 Å². The third-order valence-electron chi connectivity index (χ3n) is 2.84. The maximum Gasteiger partial charge on any atom is 0.230 e. The predicted octanol–water partition coefficient (Wildman–Crippen LogP) is 0.0908. The van der Waals surface area contributed by atoms with Crippen LogP contribution in [-0.2, 0) is 9.53 Å². The fourth-order valence-corrected chi connectivity index (χ4v) is 2.08. The zero-order chi connectivity index (χ0) is 10.6. The lowest BCUT2D eigenvalue weighted by molar-refractivity contribution is -0.144. The summed E-state index contributed by atoms with van der Waals surface area (Å²) >= 11 is 0. The molecule has 1 rings (SSSR count). The molecule has 14 heavy (non-hydrogen) atoms. The molecule has 0 saturated carbocycles. The van der Waals surface area contributed by atoms with Gasteiger partial charge in [0, 0.05) is 21.2 Å². The van der Waals surface area contributed by atoms with Crippen molar-refractivity contribution in [1.29, 1.82) is 0 Å². The lowest BCUT2D eigenvalue weighted by Crippen LogP contribution is -2.49. The van der Waals surface area contributed by atoms with Gasteiger partial charge in [0.25, 0.3) is 0 Å². The van der Waals surface area contributed by atoms with Crippen molar-refractivity contribution in [2.75, 3.05) is 40.9 Å². The number of hydrogen-bond donors (Lipinski definition) is 1. The molecule has 4 heteroatoms. The van der Waals surface area contributed by atoms with Gasteiger partial charge < -0.3 is 15.0 Å². The van der Waals surface area contributed by atoms with Crippen molar-refractivity contribution >= 4 is 5.91 Å². The molecule has 0 radical (unpaired) electrons. The van der Waals surface area contributed by atoms with E-state index in [1.54, 1.807) is 12.0 Å². The summed E-state index contributed by atoms with van der Waals surface area (Å²) in [5, 5.41) is 3.27. The smallest absolute Gasteiger partial charge is 0.230 e. The van der Waals surface area contributed by atoms with Gasteiger partial charge in [-0.05, 0) is 25.9 Å². The highest BCUT2D eigenvalue weighted by Crippen LogP contribution is 2.30. The van der Waals surface area contributed by atoms with E-state index in [9.17, 15) is 4.79 Å². The fraction of sp³-hybridized carbons (Fsp3) is 0.900. The van der Waals surface area contributed by atoms with E-state index in [0.717, 1.165) is 25.9 Å². The molecule has 1 saturated heterocycles. The number of carbonyl (C=O) groups is 1. The highest BCUT2D eigenvalue weighted by molar-refractivity contribution is 5.82. The number of ether oxygens (including phenoxy) is 1. The summed E-state index contributed by atoms with van der Waals surface area (Å²) in [7, 11) is 5.27. The molecule has 1 N–H and O–H groups in total. The molecule has 0 aliphatic carbocycles. The van der Waals surface area contributed by atoms with E-state index in [1.807, 2.05) is 14.1 Å². The van der Waals surface area contributed by atoms with Crippen LogP contribution in [0.4, 0.5) is 0 Å². The molecule has 0 bridgehead atoms. The minimum Gasteiger partial charge on any atom is -0.384 e. The second-order valence-electron chi connectivity index (χ2n) is 4.16. The Kier molecular flexibility index (Phi) is 3.89. The molecular formula is C10H20N2O2. The zero-order valence-electron chi connectivity index (χ0n) is 9.30. The molecule has 0 aromatic heterocycles. The Morgan fingerprint density at radius 3 is 2.43 bits per heavy atom. The van der Waals surface area contributed by atoms with Gasteiger partial charge in [0.05, 0.1) is 12.0 Å². The lowest BCUT2D eigenvalue weighted by Gasteiger charge is -2.37. The van der Waals surface area contributed by atoms with Crippen LogP contribution in [0.3, 0.4) is 0 Å². The number of hydrogen-bond acceptors (Lipinski definition) is 3. The Morgan fingerprint density at radius 2 is 2.00 bits per heavy atom. The number of amides is 1. The molecule has 1 aliphatic heterocycles. The molecule has 4 nitrogen and oxygen atoms in total. The van der Waals surface area contributed by atoms with E-state index in [4.69, 9.17) is 4.74 Å². The van der Waals surface area contributed by atoms with Gasteiger partial charge in [-0.1, -0.05) is 0 Å². The summed E-state index contributed by atoms with van der Waals surface area (Å²) in [6, 6.07) is 0. The van der Waals surface area contributed by atoms with Gasteiger partial charge in [-0.2, -0.15) is 0 Å². The molecule has 1 heterocycles. The normalized spacial score (nSPS) is 20.5. The van der Waals surface area contributed by atoms with E-state index >= 15 is 0 Å². The minimum absolute atomic E-state index is 0.195. The summed E-state index contributed by atoms with van der Waals surface area (Å²) in [6.45, 7) is 2.34. The van der Waals surface area contributed by atoms with Gasteiger partial charge in [0.2, 0.25) is 5.91 Å². The van der Waals surface area contributed by atoms with Crippen LogP contribution in [0.1, 0.15) is 12.8 Å². The Hall–Kier alpha value is -0.610. The van der Waals surface area contributed by atoms with Crippen LogP contribution >= 0.6 is 0 Å². The van der Waals surface area contributed by atoms with Crippen molar-refractivity contribution in [2.24, 2.45) is 5.41 Å². The largest absolute Gasteiger partial charge is 0.384 e. The van der Waals surface area contributed by atoms with Crippen LogP contribution in [-0.4, -0.2) is 51.7 Å². The highest BCUT2D eigenvalue weighted by atomic mass is 16.5. The Labute approximate surface area is 85.6 Å². The first kappa shape index (κ1) is 11.5. The van der Waals surface area contributed by atoms with Gasteiger partial charge in [0.15, 0.2) is 0 Å². The average molecular weight is 200 g/mol. The first-order chi connectivity index (χ1) is 6.62. The maximum atomic E-state index is 12.0. The molecule has 0 aromatic carbocycles. The van der Waals surface area contributed by atoms with Crippen molar-refractivity contribution in [2.45, 2.75) is 12.8 Å². The Bertz CT molecular complexity index is 193. The minimum atomic E-state index is -0.288. The van der Waals surface area contributed by atoms with Crippen LogP contribution in [0.5, 0.6) is 0 Å². The third kappa shape index (κ3) is 2.25. The summed E-state index contributed by atoms with van der Waals surface area (Å²) in [4.78, 5) is 13.7. The molecule has 82 valence electrons. The van der Waals surface area contributed by atoms with E-state index in [2.05, 4.69) is 5.32 Å². The van der Waals surface area contributed by atoms with Crippen molar-refractivity contribution in [3.63, 3.8) is 0 Å². The number of carbonyl (C=O) groups excluding carboxylic acids is 1. The third-order valence-corrected chi connectivity index (χ3v) is 2.84. The molecule has 0 unspecified atom stereocenters. The Balaban J connectivity index is 2.74. The van der Waals surface area contributed by atoms with Crippen molar-refractivity contribution in [3.05, 3.63) is 0 Å². The van der Waals surface area contributed by atoms with Gasteiger partial charge in [0.1, 0.15) is 0 Å². The molecule has 1 fully saturated rings. The topological polar surface area (TPSA) is 41.6 Å². The van der Waals surface area contributed by atoms with Crippen LogP contribution in [0.2, 0.25) is 0 Å². The van der Waals surface area contributed by atoms with Crippen molar-refractivity contribution in [1.82, 2.24) is 10.2 Å². The summed E-state index contributed by atoms with van der Waals surface area (Å²) in [6.07, 6.45) is 1.75. The van der Waals surface area contributed by atoms with E-state index in [-0.39, 0.29) is 11.3 Å². The van der Waals surface area contributed by atoms with E-state index in [1.165, 1.54) is 0 Å². The highest BCUT2D eigenvalue weighted by Gasteiger charge is 2.40. The predicted molar refractivity (Wildman–Crippen MR) is 55.1 cm³/mol. The maximum absolute atomic E-state index is 12.0. The second kappa shape index (κ2) is 4.75. The number of piperidine rings is 1. The average Bonchev–Trinajstić information content (AvgIpc) is 2.18. The Morgan fingerprint density at radius 1 is 1.43 bits per heavy atom. The second-order valence-corrected chi connectivity index (χ2v) is 4.16. The molecule has 0 atom stereocenters. The van der Waals surface area contributed by atoms with E-state index < -0.39 is 0 Å². The number of methoxy groups -OCH3 is 1. The van der Waals surface area contributed by atoms with Crippen LogP contribution < -0.4 is 5.32 Å². The monoisotopic (exact) mass is 200 g/mol. The van der Waals surface area contributed by atoms with Crippen molar-refractivity contribution < 1.29 is 9.53 Å². The standard InChI is InChI=1S/C10H20N2O2/c1-12(2)9(13)10(8-14-3)4-6-11-7-5-10/h11H,4-8H2,1-3H3. The van der Waals surface area contributed by atoms with Crippen molar-refractivity contribution in [3.8, 4) is 0 Å². The van der Waals surface area contributed by atoms with Gasteiger partial charge in [-0.15, -0.1) is 0 Å². The van der Waals surface area contributed by atoms with Crippen LogP contribution in [0.15, 0.2) is 0 Å². The first-order valence-corrected chi connectivity index (χ1v) is 5.04. The van der Waals surface area contributed by atoms with Crippen LogP contribution in [0.25, 0.3) is 0 Å². The molecular weight excluding hydrogens is 180 g/mol. The van der Waals surface area contributed by atoms with Gasteiger partial charge in [-0.3, -0.25) is 4.79 Å². The lowest BCUT2D eigenvalue weighted by atomic mass is 9.78. The molecule has 1 amide bonds.